The summed E-state index contributed by atoms with van der Waals surface area (Å²) in [6.45, 7) is 9.58. The number of nitrogens with zero attached hydrogens (tertiary/aromatic N) is 4. The molecule has 2 aromatic heterocycles. The van der Waals surface area contributed by atoms with Crippen LogP contribution in [0.1, 0.15) is 59.7 Å². The number of carbonyl (C=O) groups is 1. The van der Waals surface area contributed by atoms with Crippen molar-refractivity contribution in [3.05, 3.63) is 46.1 Å². The molecule has 1 fully saturated rings. The normalized spacial score (nSPS) is 18.6. The number of amides is 1. The first kappa shape index (κ1) is 22.1. The van der Waals surface area contributed by atoms with E-state index < -0.39 is 0 Å². The topological polar surface area (TPSA) is 58.6 Å². The van der Waals surface area contributed by atoms with E-state index in [9.17, 15) is 4.79 Å². The molecule has 3 heterocycles. The van der Waals surface area contributed by atoms with Gasteiger partial charge in [-0.15, -0.1) is 11.3 Å². The summed E-state index contributed by atoms with van der Waals surface area (Å²) < 4.78 is 5.29. The molecule has 1 aliphatic heterocycles. The molecule has 0 N–H and O–H groups in total. The van der Waals surface area contributed by atoms with Gasteiger partial charge in [0.15, 0.2) is 0 Å². The molecule has 174 valence electrons. The third-order valence-electron chi connectivity index (χ3n) is 6.85. The van der Waals surface area contributed by atoms with Crippen LogP contribution in [0.15, 0.2) is 24.3 Å². The molecule has 0 bridgehead atoms. The molecule has 1 atom stereocenters. The first-order chi connectivity index (χ1) is 15.9. The van der Waals surface area contributed by atoms with Gasteiger partial charge in [-0.2, -0.15) is 0 Å². The van der Waals surface area contributed by atoms with Crippen molar-refractivity contribution < 1.29 is 9.53 Å². The van der Waals surface area contributed by atoms with E-state index in [1.54, 1.807) is 7.11 Å². The Labute approximate surface area is 199 Å². The predicted octanol–water partition coefficient (Wildman–Crippen LogP) is 4.91. The fourth-order valence-corrected chi connectivity index (χ4v) is 6.27. The summed E-state index contributed by atoms with van der Waals surface area (Å²) in [6, 6.07) is 7.41. The van der Waals surface area contributed by atoms with Crippen LogP contribution in [0.25, 0.3) is 10.2 Å². The monoisotopic (exact) mass is 464 g/mol. The Morgan fingerprint density at radius 2 is 1.97 bits per heavy atom. The fraction of sp³-hybridized carbons (Fsp3) is 0.500. The van der Waals surface area contributed by atoms with E-state index in [2.05, 4.69) is 25.7 Å². The van der Waals surface area contributed by atoms with Gasteiger partial charge in [0.2, 0.25) is 0 Å². The number of carbonyl (C=O) groups excluding carboxylic acids is 1. The van der Waals surface area contributed by atoms with Gasteiger partial charge in [-0.1, -0.05) is 26.8 Å². The molecule has 0 spiro atoms. The van der Waals surface area contributed by atoms with Crippen LogP contribution in [0.2, 0.25) is 0 Å². The number of anilines is 1. The number of hydrogen-bond donors (Lipinski definition) is 0. The highest BCUT2D eigenvalue weighted by molar-refractivity contribution is 7.19. The summed E-state index contributed by atoms with van der Waals surface area (Å²) in [6.07, 6.45) is 3.49. The van der Waals surface area contributed by atoms with Crippen LogP contribution in [-0.4, -0.2) is 54.1 Å². The number of ether oxygens (including phenoxy) is 1. The van der Waals surface area contributed by atoms with Crippen LogP contribution in [0.3, 0.4) is 0 Å². The molecule has 1 saturated heterocycles. The number of aromatic nitrogens is 2. The lowest BCUT2D eigenvalue weighted by molar-refractivity contribution is 0.0746. The standard InChI is InChI=1S/C26H32N4O2S/c1-16(2)23-27-24(22-20-9-8-17(3)14-21(20)33-25(22)28-23)29-10-12-30(13-11-29)26(31)18-6-5-7-19(15-18)32-4/h5-7,15-17H,8-14H2,1-4H3. The number of aryl methyl sites for hydroxylation is 1. The summed E-state index contributed by atoms with van der Waals surface area (Å²) in [5, 5.41) is 1.26. The second-order valence-corrected chi connectivity index (χ2v) is 10.7. The van der Waals surface area contributed by atoms with Gasteiger partial charge in [0.1, 0.15) is 22.2 Å². The number of piperazine rings is 1. The van der Waals surface area contributed by atoms with E-state index in [0.717, 1.165) is 48.3 Å². The quantitative estimate of drug-likeness (QED) is 0.549. The van der Waals surface area contributed by atoms with Gasteiger partial charge in [0.05, 0.1) is 12.5 Å². The van der Waals surface area contributed by atoms with Crippen molar-refractivity contribution in [3.8, 4) is 5.75 Å². The molecular weight excluding hydrogens is 432 g/mol. The molecule has 0 saturated carbocycles. The molecule has 1 aromatic carbocycles. The molecule has 5 rings (SSSR count). The first-order valence-corrected chi connectivity index (χ1v) is 12.8. The smallest absolute Gasteiger partial charge is 0.254 e. The Morgan fingerprint density at radius 1 is 1.18 bits per heavy atom. The van der Waals surface area contributed by atoms with Crippen molar-refractivity contribution in [2.45, 2.75) is 46.0 Å². The SMILES string of the molecule is COc1cccc(C(=O)N2CCN(c3nc(C(C)C)nc4sc5c(c34)CCC(C)C5)CC2)c1. The van der Waals surface area contributed by atoms with Gasteiger partial charge in [0.25, 0.3) is 5.91 Å². The lowest BCUT2D eigenvalue weighted by Crippen LogP contribution is -2.49. The van der Waals surface area contributed by atoms with Crippen molar-refractivity contribution in [1.82, 2.24) is 14.9 Å². The van der Waals surface area contributed by atoms with Crippen molar-refractivity contribution in [1.29, 1.82) is 0 Å². The molecule has 3 aromatic rings. The van der Waals surface area contributed by atoms with E-state index in [1.807, 2.05) is 40.5 Å². The van der Waals surface area contributed by atoms with Crippen LogP contribution in [0.4, 0.5) is 5.82 Å². The Kier molecular flexibility index (Phi) is 5.99. The maximum atomic E-state index is 13.1. The fourth-order valence-electron chi connectivity index (χ4n) is 4.89. The van der Waals surface area contributed by atoms with Crippen LogP contribution in [0.5, 0.6) is 5.75 Å². The van der Waals surface area contributed by atoms with Gasteiger partial charge in [0, 0.05) is 42.5 Å². The number of thiophene rings is 1. The van der Waals surface area contributed by atoms with E-state index in [0.29, 0.717) is 24.4 Å². The highest BCUT2D eigenvalue weighted by Gasteiger charge is 2.29. The van der Waals surface area contributed by atoms with Crippen LogP contribution in [0, 0.1) is 5.92 Å². The number of fused-ring (bicyclic) bond motifs is 3. The summed E-state index contributed by atoms with van der Waals surface area (Å²) in [5.41, 5.74) is 2.14. The lowest BCUT2D eigenvalue weighted by atomic mass is 9.89. The minimum absolute atomic E-state index is 0.0613. The zero-order valence-corrected chi connectivity index (χ0v) is 20.7. The maximum Gasteiger partial charge on any atom is 0.254 e. The summed E-state index contributed by atoms with van der Waals surface area (Å²) in [5.74, 6) is 3.77. The summed E-state index contributed by atoms with van der Waals surface area (Å²) in [7, 11) is 1.63. The summed E-state index contributed by atoms with van der Waals surface area (Å²) in [4.78, 5) is 30.1. The van der Waals surface area contributed by atoms with E-state index in [-0.39, 0.29) is 11.8 Å². The predicted molar refractivity (Wildman–Crippen MR) is 134 cm³/mol. The zero-order valence-electron chi connectivity index (χ0n) is 19.9. The van der Waals surface area contributed by atoms with Crippen molar-refractivity contribution in [2.24, 2.45) is 5.92 Å². The average molecular weight is 465 g/mol. The van der Waals surface area contributed by atoms with Gasteiger partial charge >= 0.3 is 0 Å². The first-order valence-electron chi connectivity index (χ1n) is 11.9. The molecule has 7 heteroatoms. The van der Waals surface area contributed by atoms with Gasteiger partial charge in [-0.05, 0) is 48.9 Å². The average Bonchev–Trinajstić information content (AvgIpc) is 3.20. The second-order valence-electron chi connectivity index (χ2n) is 9.60. The molecule has 1 unspecified atom stereocenters. The van der Waals surface area contributed by atoms with Gasteiger partial charge in [-0.3, -0.25) is 4.79 Å². The van der Waals surface area contributed by atoms with Gasteiger partial charge in [-0.25, -0.2) is 9.97 Å². The van der Waals surface area contributed by atoms with Gasteiger partial charge < -0.3 is 14.5 Å². The molecular formula is C26H32N4O2S. The van der Waals surface area contributed by atoms with Crippen molar-refractivity contribution in [3.63, 3.8) is 0 Å². The van der Waals surface area contributed by atoms with E-state index in [4.69, 9.17) is 14.7 Å². The Bertz CT molecular complexity index is 1180. The second kappa shape index (κ2) is 8.93. The number of methoxy groups -OCH3 is 1. The Balaban J connectivity index is 1.42. The molecule has 33 heavy (non-hydrogen) atoms. The maximum absolute atomic E-state index is 13.1. The molecule has 1 aliphatic carbocycles. The minimum atomic E-state index is 0.0613. The highest BCUT2D eigenvalue weighted by atomic mass is 32.1. The lowest BCUT2D eigenvalue weighted by Gasteiger charge is -2.36. The van der Waals surface area contributed by atoms with Crippen molar-refractivity contribution >= 4 is 33.3 Å². The zero-order chi connectivity index (χ0) is 23.1. The molecule has 0 radical (unpaired) electrons. The van der Waals surface area contributed by atoms with Crippen LogP contribution >= 0.6 is 11.3 Å². The molecule has 6 nitrogen and oxygen atoms in total. The number of benzene rings is 1. The Hall–Kier alpha value is -2.67. The van der Waals surface area contributed by atoms with E-state index in [1.165, 1.54) is 22.2 Å². The minimum Gasteiger partial charge on any atom is -0.497 e. The largest absolute Gasteiger partial charge is 0.497 e. The molecule has 1 amide bonds. The molecule has 2 aliphatic rings. The Morgan fingerprint density at radius 3 is 2.70 bits per heavy atom. The highest BCUT2D eigenvalue weighted by Crippen LogP contribution is 2.41. The van der Waals surface area contributed by atoms with Crippen molar-refractivity contribution in [2.75, 3.05) is 38.2 Å². The third-order valence-corrected chi connectivity index (χ3v) is 8.00. The number of hydrogen-bond acceptors (Lipinski definition) is 6. The van der Waals surface area contributed by atoms with E-state index >= 15 is 0 Å². The number of rotatable bonds is 4. The van der Waals surface area contributed by atoms with Crippen LogP contribution < -0.4 is 9.64 Å². The summed E-state index contributed by atoms with van der Waals surface area (Å²) >= 11 is 1.87. The van der Waals surface area contributed by atoms with Crippen LogP contribution in [-0.2, 0) is 12.8 Å². The third kappa shape index (κ3) is 4.19.